The van der Waals surface area contributed by atoms with E-state index in [1.54, 1.807) is 22.7 Å². The number of hydrogen-bond acceptors (Lipinski definition) is 5. The van der Waals surface area contributed by atoms with Crippen molar-refractivity contribution >= 4 is 54.6 Å². The van der Waals surface area contributed by atoms with Crippen molar-refractivity contribution < 1.29 is 0 Å². The van der Waals surface area contributed by atoms with Crippen LogP contribution in [-0.2, 0) is 6.42 Å². The second-order valence-corrected chi connectivity index (χ2v) is 7.61. The molecule has 3 rings (SSSR count). The van der Waals surface area contributed by atoms with Gasteiger partial charge >= 0.3 is 0 Å². The molecule has 6 heteroatoms. The lowest BCUT2D eigenvalue weighted by Crippen LogP contribution is -1.96. The van der Waals surface area contributed by atoms with Gasteiger partial charge in [0, 0.05) is 11.9 Å². The van der Waals surface area contributed by atoms with Crippen LogP contribution in [0.3, 0.4) is 0 Å². The lowest BCUT2D eigenvalue weighted by molar-refractivity contribution is 1.19. The van der Waals surface area contributed by atoms with Gasteiger partial charge in [-0.2, -0.15) is 0 Å². The molecule has 0 unspecified atom stereocenters. The number of thiophene rings is 2. The molecule has 0 aliphatic heterocycles. The average Bonchev–Trinajstić information content (AvgIpc) is 3.02. The summed E-state index contributed by atoms with van der Waals surface area (Å²) in [6, 6.07) is 6.25. The van der Waals surface area contributed by atoms with E-state index in [1.165, 1.54) is 4.88 Å². The van der Waals surface area contributed by atoms with Gasteiger partial charge in [-0.3, -0.25) is 0 Å². The molecule has 0 saturated carbocycles. The largest absolute Gasteiger partial charge is 0.372 e. The molecule has 3 aromatic heterocycles. The van der Waals surface area contributed by atoms with E-state index < -0.39 is 0 Å². The fraction of sp³-hybridized carbons (Fsp3) is 0.231. The smallest absolute Gasteiger partial charge is 0.173 e. The normalized spacial score (nSPS) is 11.1. The van der Waals surface area contributed by atoms with Crippen LogP contribution >= 0.6 is 38.6 Å². The van der Waals surface area contributed by atoms with Crippen molar-refractivity contribution in [3.63, 3.8) is 0 Å². The Kier molecular flexibility index (Phi) is 3.56. The predicted octanol–water partition coefficient (Wildman–Crippen LogP) is 4.79. The Morgan fingerprint density at radius 1 is 1.26 bits per heavy atom. The van der Waals surface area contributed by atoms with Gasteiger partial charge in [-0.05, 0) is 40.5 Å². The van der Waals surface area contributed by atoms with Crippen LogP contribution in [0.2, 0.25) is 0 Å². The van der Waals surface area contributed by atoms with Crippen molar-refractivity contribution in [3.8, 4) is 10.7 Å². The summed E-state index contributed by atoms with van der Waals surface area (Å²) in [6.07, 6.45) is 1.03. The monoisotopic (exact) mass is 353 g/mol. The van der Waals surface area contributed by atoms with Crippen LogP contribution < -0.4 is 5.32 Å². The lowest BCUT2D eigenvalue weighted by atomic mass is 10.3. The molecule has 0 aromatic carbocycles. The fourth-order valence-electron chi connectivity index (χ4n) is 1.88. The summed E-state index contributed by atoms with van der Waals surface area (Å²) in [5, 5.41) is 4.29. The molecule has 98 valence electrons. The zero-order valence-electron chi connectivity index (χ0n) is 10.5. The van der Waals surface area contributed by atoms with Gasteiger partial charge in [0.2, 0.25) is 0 Å². The highest BCUT2D eigenvalue weighted by Gasteiger charge is 2.12. The van der Waals surface area contributed by atoms with Crippen LogP contribution in [0.25, 0.3) is 20.9 Å². The standard InChI is InChI=1S/C13H12BrN3S2/c1-3-7-6-8-11(15-2)16-12(17-13(8)18-7)9-4-5-10(14)19-9/h4-6H,3H2,1-2H3,(H,15,16,17). The number of aryl methyl sites for hydroxylation is 1. The summed E-state index contributed by atoms with van der Waals surface area (Å²) >= 11 is 6.87. The molecule has 19 heavy (non-hydrogen) atoms. The molecule has 0 fully saturated rings. The summed E-state index contributed by atoms with van der Waals surface area (Å²) in [7, 11) is 1.90. The minimum absolute atomic E-state index is 0.789. The van der Waals surface area contributed by atoms with Crippen molar-refractivity contribution in [1.82, 2.24) is 9.97 Å². The highest BCUT2D eigenvalue weighted by Crippen LogP contribution is 2.34. The van der Waals surface area contributed by atoms with E-state index in [4.69, 9.17) is 4.98 Å². The average molecular weight is 354 g/mol. The third-order valence-corrected chi connectivity index (χ3v) is 5.62. The fourth-order valence-corrected chi connectivity index (χ4v) is 4.17. The third kappa shape index (κ3) is 2.40. The first kappa shape index (κ1) is 13.0. The minimum Gasteiger partial charge on any atom is -0.372 e. The van der Waals surface area contributed by atoms with Crippen LogP contribution in [-0.4, -0.2) is 17.0 Å². The van der Waals surface area contributed by atoms with Gasteiger partial charge in [-0.25, -0.2) is 9.97 Å². The van der Waals surface area contributed by atoms with Crippen LogP contribution in [0, 0.1) is 0 Å². The van der Waals surface area contributed by atoms with Gasteiger partial charge in [0.05, 0.1) is 14.0 Å². The van der Waals surface area contributed by atoms with Crippen LogP contribution in [0.1, 0.15) is 11.8 Å². The molecule has 3 heterocycles. The Morgan fingerprint density at radius 3 is 2.74 bits per heavy atom. The summed E-state index contributed by atoms with van der Waals surface area (Å²) in [5.41, 5.74) is 0. The zero-order chi connectivity index (χ0) is 13.4. The maximum Gasteiger partial charge on any atom is 0.173 e. The van der Waals surface area contributed by atoms with Gasteiger partial charge in [0.25, 0.3) is 0 Å². The predicted molar refractivity (Wildman–Crippen MR) is 87.4 cm³/mol. The minimum atomic E-state index is 0.789. The van der Waals surface area contributed by atoms with E-state index in [2.05, 4.69) is 39.2 Å². The van der Waals surface area contributed by atoms with Crippen molar-refractivity contribution in [2.24, 2.45) is 0 Å². The van der Waals surface area contributed by atoms with Gasteiger partial charge < -0.3 is 5.32 Å². The third-order valence-electron chi connectivity index (χ3n) is 2.82. The number of halogens is 1. The molecule has 1 N–H and O–H groups in total. The summed E-state index contributed by atoms with van der Waals surface area (Å²) in [4.78, 5) is 12.8. The SMILES string of the molecule is CCc1cc2c(NC)nc(-c3ccc(Br)s3)nc2s1. The Balaban J connectivity index is 2.21. The first-order valence-corrected chi connectivity index (χ1v) is 8.37. The van der Waals surface area contributed by atoms with E-state index in [0.29, 0.717) is 0 Å². The van der Waals surface area contributed by atoms with Crippen molar-refractivity contribution in [2.45, 2.75) is 13.3 Å². The van der Waals surface area contributed by atoms with Crippen molar-refractivity contribution in [1.29, 1.82) is 0 Å². The number of nitrogens with zero attached hydrogens (tertiary/aromatic N) is 2. The molecule has 0 atom stereocenters. The second-order valence-electron chi connectivity index (χ2n) is 4.03. The maximum absolute atomic E-state index is 4.69. The van der Waals surface area contributed by atoms with E-state index >= 15 is 0 Å². The van der Waals surface area contributed by atoms with Gasteiger partial charge in [-0.1, -0.05) is 6.92 Å². The molecular weight excluding hydrogens is 342 g/mol. The molecule has 0 amide bonds. The Hall–Kier alpha value is -0.980. The Labute approximate surface area is 127 Å². The van der Waals surface area contributed by atoms with E-state index in [0.717, 1.165) is 36.9 Å². The van der Waals surface area contributed by atoms with Gasteiger partial charge in [0.1, 0.15) is 10.6 Å². The molecule has 0 aliphatic rings. The van der Waals surface area contributed by atoms with Crippen molar-refractivity contribution in [2.75, 3.05) is 12.4 Å². The number of rotatable bonds is 3. The summed E-state index contributed by atoms with van der Waals surface area (Å²) in [5.74, 6) is 1.69. The van der Waals surface area contributed by atoms with E-state index in [-0.39, 0.29) is 0 Å². The summed E-state index contributed by atoms with van der Waals surface area (Å²) < 4.78 is 1.10. The molecule has 0 radical (unpaired) electrons. The Bertz CT molecular complexity index is 733. The number of fused-ring (bicyclic) bond motifs is 1. The number of anilines is 1. The van der Waals surface area contributed by atoms with Crippen molar-refractivity contribution in [3.05, 3.63) is 26.9 Å². The quantitative estimate of drug-likeness (QED) is 0.735. The summed E-state index contributed by atoms with van der Waals surface area (Å²) in [6.45, 7) is 2.16. The molecule has 0 spiro atoms. The molecule has 3 aromatic rings. The highest BCUT2D eigenvalue weighted by molar-refractivity contribution is 9.11. The zero-order valence-corrected chi connectivity index (χ0v) is 13.7. The number of hydrogen-bond donors (Lipinski definition) is 1. The highest BCUT2D eigenvalue weighted by atomic mass is 79.9. The first-order valence-electron chi connectivity index (χ1n) is 5.95. The molecule has 3 nitrogen and oxygen atoms in total. The number of nitrogens with one attached hydrogen (secondary N) is 1. The van der Waals surface area contributed by atoms with Crippen LogP contribution in [0.15, 0.2) is 22.0 Å². The molecular formula is C13H12BrN3S2. The molecule has 0 aliphatic carbocycles. The molecule has 0 saturated heterocycles. The first-order chi connectivity index (χ1) is 9.21. The van der Waals surface area contributed by atoms with Gasteiger partial charge in [0.15, 0.2) is 5.82 Å². The molecule has 0 bridgehead atoms. The second kappa shape index (κ2) is 5.19. The van der Waals surface area contributed by atoms with E-state index in [1.807, 2.05) is 19.2 Å². The lowest BCUT2D eigenvalue weighted by Gasteiger charge is -2.03. The van der Waals surface area contributed by atoms with Gasteiger partial charge in [-0.15, -0.1) is 22.7 Å². The van der Waals surface area contributed by atoms with E-state index in [9.17, 15) is 0 Å². The number of aromatic nitrogens is 2. The topological polar surface area (TPSA) is 37.8 Å². The Morgan fingerprint density at radius 2 is 2.11 bits per heavy atom. The van der Waals surface area contributed by atoms with Crippen LogP contribution in [0.4, 0.5) is 5.82 Å². The van der Waals surface area contributed by atoms with Crippen LogP contribution in [0.5, 0.6) is 0 Å². The maximum atomic E-state index is 4.69.